The van der Waals surface area contributed by atoms with Crippen LogP contribution in [0.25, 0.3) is 32.8 Å². The van der Waals surface area contributed by atoms with E-state index in [0.717, 1.165) is 27.9 Å². The van der Waals surface area contributed by atoms with E-state index in [-0.39, 0.29) is 23.7 Å². The monoisotopic (exact) mass is 570 g/mol. The van der Waals surface area contributed by atoms with E-state index in [0.29, 0.717) is 29.9 Å². The van der Waals surface area contributed by atoms with Gasteiger partial charge in [0.1, 0.15) is 17.9 Å². The van der Waals surface area contributed by atoms with Crippen LogP contribution in [0.2, 0.25) is 25.7 Å². The highest BCUT2D eigenvalue weighted by atomic mass is 28.3. The summed E-state index contributed by atoms with van der Waals surface area (Å²) in [6.07, 6.45) is 3.50. The first-order valence-corrected chi connectivity index (χ1v) is 17.2. The van der Waals surface area contributed by atoms with Crippen LogP contribution < -0.4 is 10.3 Å². The van der Waals surface area contributed by atoms with E-state index in [4.69, 9.17) is 9.47 Å². The molecule has 0 saturated carbocycles. The lowest BCUT2D eigenvalue weighted by Gasteiger charge is -2.15. The number of para-hydroxylation sites is 1. The standard InChI is InChI=1S/C30H31FN6O3Si/c1-35-28-23(21-12-13-27(34-29(21)35)40-26-11-6-5-9-24(26)31)17-32-36(30(28)38)18-20-8-7-10-25-22(20)16-33-37(25)19-39-14-15-41(2,3)4/h5-13,16-17H,14-15,18-19H2,1-4H3. The molecule has 0 aliphatic heterocycles. The van der Waals surface area contributed by atoms with Gasteiger partial charge in [-0.2, -0.15) is 15.2 Å². The highest BCUT2D eigenvalue weighted by Crippen LogP contribution is 2.29. The molecule has 0 N–H and O–H groups in total. The van der Waals surface area contributed by atoms with Crippen LogP contribution >= 0.6 is 0 Å². The Balaban J connectivity index is 1.30. The van der Waals surface area contributed by atoms with Crippen LogP contribution in [-0.4, -0.2) is 43.8 Å². The van der Waals surface area contributed by atoms with Crippen LogP contribution in [0, 0.1) is 5.82 Å². The third-order valence-electron chi connectivity index (χ3n) is 7.17. The van der Waals surface area contributed by atoms with Gasteiger partial charge in [-0.15, -0.1) is 0 Å². The summed E-state index contributed by atoms with van der Waals surface area (Å²) in [5.74, 6) is -0.165. The number of rotatable bonds is 9. The fraction of sp³-hybridized carbons (Fsp3) is 0.267. The second kappa shape index (κ2) is 10.6. The van der Waals surface area contributed by atoms with Crippen LogP contribution in [0.4, 0.5) is 4.39 Å². The Hall–Kier alpha value is -4.35. The van der Waals surface area contributed by atoms with Gasteiger partial charge in [0.25, 0.3) is 5.56 Å². The molecule has 4 heterocycles. The molecule has 2 aromatic carbocycles. The van der Waals surface area contributed by atoms with Gasteiger partial charge in [0, 0.05) is 44.0 Å². The molecule has 11 heteroatoms. The van der Waals surface area contributed by atoms with Gasteiger partial charge >= 0.3 is 0 Å². The normalized spacial score (nSPS) is 12.1. The van der Waals surface area contributed by atoms with Crippen molar-refractivity contribution in [2.75, 3.05) is 6.61 Å². The molecule has 210 valence electrons. The first kappa shape index (κ1) is 26.8. The van der Waals surface area contributed by atoms with Gasteiger partial charge in [-0.1, -0.05) is 43.9 Å². The van der Waals surface area contributed by atoms with Crippen LogP contribution in [0.5, 0.6) is 11.6 Å². The molecule has 6 aromatic rings. The molecule has 6 rings (SSSR count). The number of halogens is 1. The lowest BCUT2D eigenvalue weighted by molar-refractivity contribution is 0.0817. The Kier molecular flexibility index (Phi) is 6.92. The third-order valence-corrected chi connectivity index (χ3v) is 8.87. The molecule has 0 atom stereocenters. The summed E-state index contributed by atoms with van der Waals surface area (Å²) in [6.45, 7) is 8.36. The molecule has 0 fully saturated rings. The number of nitrogens with zero attached hydrogens (tertiary/aromatic N) is 6. The van der Waals surface area contributed by atoms with Crippen molar-refractivity contribution < 1.29 is 13.9 Å². The molecule has 4 aromatic heterocycles. The summed E-state index contributed by atoms with van der Waals surface area (Å²) < 4.78 is 30.7. The molecule has 0 unspecified atom stereocenters. The van der Waals surface area contributed by atoms with Crippen LogP contribution in [0.1, 0.15) is 5.56 Å². The SMILES string of the molecule is Cn1c2nc(Oc3ccccc3F)ccc2c2cnn(Cc3cccc4c3cnn4COCC[Si](C)(C)C)c(=O)c21. The Bertz CT molecular complexity index is 1960. The van der Waals surface area contributed by atoms with Gasteiger partial charge in [0.2, 0.25) is 5.88 Å². The second-order valence-electron chi connectivity index (χ2n) is 11.3. The molecule has 0 aliphatic rings. The van der Waals surface area contributed by atoms with Gasteiger partial charge in [0.05, 0.1) is 24.5 Å². The van der Waals surface area contributed by atoms with Crippen molar-refractivity contribution in [2.45, 2.75) is 39.0 Å². The van der Waals surface area contributed by atoms with Crippen molar-refractivity contribution in [3.63, 3.8) is 0 Å². The van der Waals surface area contributed by atoms with Gasteiger partial charge in [-0.3, -0.25) is 4.79 Å². The summed E-state index contributed by atoms with van der Waals surface area (Å²) in [7, 11) is 0.615. The van der Waals surface area contributed by atoms with Gasteiger partial charge in [-0.25, -0.2) is 13.8 Å². The number of fused-ring (bicyclic) bond motifs is 4. The number of hydrogen-bond donors (Lipinski definition) is 0. The molecule has 0 amide bonds. The Morgan fingerprint density at radius 1 is 0.902 bits per heavy atom. The Morgan fingerprint density at radius 3 is 2.49 bits per heavy atom. The molecular formula is C30H31FN6O3Si. The zero-order valence-corrected chi connectivity index (χ0v) is 24.5. The summed E-state index contributed by atoms with van der Waals surface area (Å²) in [5.41, 5.74) is 2.66. The molecule has 0 spiro atoms. The maximum atomic E-state index is 14.1. The molecule has 0 saturated heterocycles. The molecule has 41 heavy (non-hydrogen) atoms. The van der Waals surface area contributed by atoms with E-state index in [2.05, 4.69) is 34.8 Å². The number of aromatic nitrogens is 6. The van der Waals surface area contributed by atoms with E-state index in [1.807, 2.05) is 35.1 Å². The van der Waals surface area contributed by atoms with Crippen LogP contribution in [-0.2, 0) is 25.1 Å². The number of hydrogen-bond acceptors (Lipinski definition) is 6. The Labute approximate surface area is 236 Å². The number of ether oxygens (including phenoxy) is 2. The van der Waals surface area contributed by atoms with Crippen molar-refractivity contribution in [1.29, 1.82) is 0 Å². The fourth-order valence-electron chi connectivity index (χ4n) is 4.91. The first-order valence-electron chi connectivity index (χ1n) is 13.5. The van der Waals surface area contributed by atoms with E-state index in [1.54, 1.807) is 36.0 Å². The van der Waals surface area contributed by atoms with Crippen LogP contribution in [0.15, 0.2) is 71.8 Å². The molecule has 0 aliphatic carbocycles. The van der Waals surface area contributed by atoms with Crippen molar-refractivity contribution >= 4 is 40.9 Å². The van der Waals surface area contributed by atoms with E-state index < -0.39 is 13.9 Å². The predicted molar refractivity (Wildman–Crippen MR) is 160 cm³/mol. The number of pyridine rings is 1. The lowest BCUT2D eigenvalue weighted by atomic mass is 10.1. The minimum atomic E-state index is -1.17. The van der Waals surface area contributed by atoms with E-state index >= 15 is 0 Å². The van der Waals surface area contributed by atoms with Crippen molar-refractivity contribution in [3.8, 4) is 11.6 Å². The van der Waals surface area contributed by atoms with Crippen molar-refractivity contribution in [1.82, 2.24) is 29.1 Å². The summed E-state index contributed by atoms with van der Waals surface area (Å²) in [5, 5.41) is 11.4. The summed E-state index contributed by atoms with van der Waals surface area (Å²) >= 11 is 0. The fourth-order valence-corrected chi connectivity index (χ4v) is 5.66. The predicted octanol–water partition coefficient (Wildman–Crippen LogP) is 5.92. The average Bonchev–Trinajstić information content (AvgIpc) is 3.48. The van der Waals surface area contributed by atoms with Crippen LogP contribution in [0.3, 0.4) is 0 Å². The molecule has 0 radical (unpaired) electrons. The highest BCUT2D eigenvalue weighted by molar-refractivity contribution is 6.76. The minimum Gasteiger partial charge on any atom is -0.436 e. The second-order valence-corrected chi connectivity index (χ2v) is 16.9. The highest BCUT2D eigenvalue weighted by Gasteiger charge is 2.18. The van der Waals surface area contributed by atoms with E-state index in [9.17, 15) is 9.18 Å². The van der Waals surface area contributed by atoms with Gasteiger partial charge < -0.3 is 14.0 Å². The van der Waals surface area contributed by atoms with Crippen molar-refractivity contribution in [2.24, 2.45) is 7.05 Å². The van der Waals surface area contributed by atoms with Gasteiger partial charge in [-0.05, 0) is 35.9 Å². The maximum absolute atomic E-state index is 14.1. The maximum Gasteiger partial charge on any atom is 0.291 e. The number of aryl methyl sites for hydroxylation is 1. The summed E-state index contributed by atoms with van der Waals surface area (Å²) in [6, 6.07) is 16.7. The van der Waals surface area contributed by atoms with Gasteiger partial charge in [0.15, 0.2) is 11.6 Å². The molecular weight excluding hydrogens is 539 g/mol. The lowest BCUT2D eigenvalue weighted by Crippen LogP contribution is -2.24. The topological polar surface area (TPSA) is 89.0 Å². The quantitative estimate of drug-likeness (QED) is 0.158. The average molecular weight is 571 g/mol. The largest absolute Gasteiger partial charge is 0.436 e. The zero-order chi connectivity index (χ0) is 28.7. The summed E-state index contributed by atoms with van der Waals surface area (Å²) in [4.78, 5) is 18.2. The number of benzene rings is 2. The zero-order valence-electron chi connectivity index (χ0n) is 23.5. The first-order chi connectivity index (χ1) is 19.7. The minimum absolute atomic E-state index is 0.0813. The Morgan fingerprint density at radius 2 is 1.68 bits per heavy atom. The molecule has 0 bridgehead atoms. The van der Waals surface area contributed by atoms with Crippen molar-refractivity contribution in [3.05, 3.63) is 88.7 Å². The molecule has 9 nitrogen and oxygen atoms in total. The smallest absolute Gasteiger partial charge is 0.291 e. The van der Waals surface area contributed by atoms with E-state index in [1.165, 1.54) is 16.8 Å². The third kappa shape index (κ3) is 5.25.